The number of hydrogen-bond acceptors (Lipinski definition) is 4. The molecule has 110 valence electrons. The summed E-state index contributed by atoms with van der Waals surface area (Å²) in [5.74, 6) is 2.59. The van der Waals surface area contributed by atoms with Crippen LogP contribution >= 0.6 is 0 Å². The van der Waals surface area contributed by atoms with Crippen molar-refractivity contribution in [2.24, 2.45) is 28.8 Å². The number of benzene rings is 1. The molecule has 0 radical (unpaired) electrons. The van der Waals surface area contributed by atoms with E-state index in [1.54, 1.807) is 14.0 Å². The van der Waals surface area contributed by atoms with Crippen molar-refractivity contribution in [3.8, 4) is 5.75 Å². The number of ketones is 1. The predicted molar refractivity (Wildman–Crippen MR) is 78.3 cm³/mol. The van der Waals surface area contributed by atoms with E-state index in [2.05, 4.69) is 5.16 Å². The average molecular weight is 285 g/mol. The van der Waals surface area contributed by atoms with Crippen LogP contribution in [0.5, 0.6) is 5.75 Å². The Labute approximate surface area is 124 Å². The Morgan fingerprint density at radius 3 is 2.71 bits per heavy atom. The molecule has 3 aliphatic rings. The van der Waals surface area contributed by atoms with Crippen molar-refractivity contribution in [3.05, 3.63) is 29.8 Å². The fourth-order valence-corrected chi connectivity index (χ4v) is 4.48. The van der Waals surface area contributed by atoms with E-state index in [-0.39, 0.29) is 12.0 Å². The molecule has 1 heterocycles. The fraction of sp³-hybridized carbons (Fsp3) is 0.529. The molecule has 2 fully saturated rings. The van der Waals surface area contributed by atoms with Crippen molar-refractivity contribution in [1.82, 2.24) is 0 Å². The van der Waals surface area contributed by atoms with E-state index in [9.17, 15) is 4.79 Å². The van der Waals surface area contributed by atoms with Gasteiger partial charge in [0, 0.05) is 23.3 Å². The Balaban J connectivity index is 1.59. The summed E-state index contributed by atoms with van der Waals surface area (Å²) >= 11 is 0. The number of carbonyl (C=O) groups excluding carboxylic acids is 1. The molecule has 0 spiro atoms. The quantitative estimate of drug-likeness (QED) is 0.858. The van der Waals surface area contributed by atoms with Crippen LogP contribution in [-0.2, 0) is 9.63 Å². The summed E-state index contributed by atoms with van der Waals surface area (Å²) in [4.78, 5) is 17.5. The van der Waals surface area contributed by atoms with Crippen LogP contribution in [0.15, 0.2) is 29.4 Å². The molecule has 21 heavy (non-hydrogen) atoms. The molecule has 5 atom stereocenters. The number of ether oxygens (including phenoxy) is 1. The molecular weight excluding hydrogens is 266 g/mol. The largest absolute Gasteiger partial charge is 0.497 e. The number of Topliss-reactive ketones (excluding diaryl/α,β-unsaturated/α-hetero) is 1. The number of fused-ring (bicyclic) bond motifs is 5. The predicted octanol–water partition coefficient (Wildman–Crippen LogP) is 2.66. The minimum atomic E-state index is 0.106. The van der Waals surface area contributed by atoms with Gasteiger partial charge in [0.2, 0.25) is 0 Å². The maximum atomic E-state index is 11.7. The first-order valence-electron chi connectivity index (χ1n) is 7.57. The lowest BCUT2D eigenvalue weighted by molar-refractivity contribution is -0.124. The van der Waals surface area contributed by atoms with Crippen LogP contribution in [0.2, 0.25) is 0 Å². The zero-order valence-corrected chi connectivity index (χ0v) is 12.3. The van der Waals surface area contributed by atoms with E-state index in [1.165, 1.54) is 0 Å². The molecule has 1 aromatic carbocycles. The molecule has 0 saturated heterocycles. The van der Waals surface area contributed by atoms with Crippen LogP contribution in [-0.4, -0.2) is 24.7 Å². The van der Waals surface area contributed by atoms with Crippen LogP contribution in [0.1, 0.15) is 25.3 Å². The summed E-state index contributed by atoms with van der Waals surface area (Å²) in [6, 6.07) is 7.99. The van der Waals surface area contributed by atoms with Gasteiger partial charge in [-0.05, 0) is 49.9 Å². The average Bonchev–Trinajstić information content (AvgIpc) is 3.18. The van der Waals surface area contributed by atoms with Crippen LogP contribution in [0.3, 0.4) is 0 Å². The molecule has 0 amide bonds. The normalized spacial score (nSPS) is 36.1. The van der Waals surface area contributed by atoms with Gasteiger partial charge in [0.1, 0.15) is 17.6 Å². The van der Waals surface area contributed by atoms with Gasteiger partial charge in [-0.15, -0.1) is 0 Å². The maximum Gasteiger partial charge on any atom is 0.139 e. The lowest BCUT2D eigenvalue weighted by Crippen LogP contribution is -2.36. The van der Waals surface area contributed by atoms with E-state index in [4.69, 9.17) is 9.57 Å². The highest BCUT2D eigenvalue weighted by Crippen LogP contribution is 2.56. The van der Waals surface area contributed by atoms with Gasteiger partial charge >= 0.3 is 0 Å². The second kappa shape index (κ2) is 4.58. The van der Waals surface area contributed by atoms with Crippen molar-refractivity contribution in [2.45, 2.75) is 25.9 Å². The second-order valence-corrected chi connectivity index (χ2v) is 6.41. The first-order chi connectivity index (χ1) is 10.2. The molecule has 0 unspecified atom stereocenters. The minimum Gasteiger partial charge on any atom is -0.497 e. The number of nitrogens with zero attached hydrogens (tertiary/aromatic N) is 1. The van der Waals surface area contributed by atoms with E-state index in [0.29, 0.717) is 23.5 Å². The summed E-state index contributed by atoms with van der Waals surface area (Å²) in [6.45, 7) is 1.71. The first kappa shape index (κ1) is 12.9. The monoisotopic (exact) mass is 285 g/mol. The lowest BCUT2D eigenvalue weighted by atomic mass is 9.75. The molecule has 2 saturated carbocycles. The SMILES string of the molecule is COc1ccc(C2=NO[C@H]3[C@H]4C[C@@H](C[C@@H]4C(C)=O)[C@@H]23)cc1. The molecule has 2 aliphatic carbocycles. The minimum absolute atomic E-state index is 0.106. The van der Waals surface area contributed by atoms with Gasteiger partial charge in [-0.3, -0.25) is 4.79 Å². The van der Waals surface area contributed by atoms with Gasteiger partial charge in [0.05, 0.1) is 12.8 Å². The van der Waals surface area contributed by atoms with Crippen molar-refractivity contribution in [3.63, 3.8) is 0 Å². The number of oxime groups is 1. The van der Waals surface area contributed by atoms with Crippen LogP contribution in [0, 0.1) is 23.7 Å². The van der Waals surface area contributed by atoms with Crippen molar-refractivity contribution in [1.29, 1.82) is 0 Å². The standard InChI is InChI=1S/C17H19NO3/c1-9(19)13-7-11-8-14(13)17-15(11)16(18-21-17)10-3-5-12(20-2)6-4-10/h3-6,11,13-15,17H,7-8H2,1-2H3/t11-,13-,14+,15+,17+/m1/s1. The first-order valence-corrected chi connectivity index (χ1v) is 7.57. The Bertz CT molecular complexity index is 607. The smallest absolute Gasteiger partial charge is 0.139 e. The summed E-state index contributed by atoms with van der Waals surface area (Å²) in [6.07, 6.45) is 2.21. The van der Waals surface area contributed by atoms with E-state index >= 15 is 0 Å². The van der Waals surface area contributed by atoms with Crippen LogP contribution < -0.4 is 4.74 Å². The van der Waals surface area contributed by atoms with Crippen molar-refractivity contribution in [2.75, 3.05) is 7.11 Å². The third kappa shape index (κ3) is 1.81. The fourth-order valence-electron chi connectivity index (χ4n) is 4.48. The number of hydrogen-bond donors (Lipinski definition) is 0. The van der Waals surface area contributed by atoms with Crippen LogP contribution in [0.4, 0.5) is 0 Å². The summed E-state index contributed by atoms with van der Waals surface area (Å²) in [5.41, 5.74) is 2.16. The molecule has 1 aliphatic heterocycles. The molecule has 0 aromatic heterocycles. The van der Waals surface area contributed by atoms with E-state index in [0.717, 1.165) is 29.9 Å². The molecule has 2 bridgehead atoms. The molecule has 4 nitrogen and oxygen atoms in total. The van der Waals surface area contributed by atoms with Gasteiger partial charge in [-0.1, -0.05) is 5.16 Å². The van der Waals surface area contributed by atoms with Gasteiger partial charge < -0.3 is 9.57 Å². The van der Waals surface area contributed by atoms with E-state index < -0.39 is 0 Å². The third-order valence-electron chi connectivity index (χ3n) is 5.43. The molecule has 4 rings (SSSR count). The van der Waals surface area contributed by atoms with Gasteiger partial charge in [-0.25, -0.2) is 0 Å². The topological polar surface area (TPSA) is 47.9 Å². The maximum absolute atomic E-state index is 11.7. The lowest BCUT2D eigenvalue weighted by Gasteiger charge is -2.28. The highest BCUT2D eigenvalue weighted by Gasteiger charge is 2.59. The second-order valence-electron chi connectivity index (χ2n) is 6.41. The highest BCUT2D eigenvalue weighted by molar-refractivity contribution is 6.03. The molecule has 4 heteroatoms. The summed E-state index contributed by atoms with van der Waals surface area (Å²) in [7, 11) is 1.67. The van der Waals surface area contributed by atoms with Gasteiger partial charge in [0.15, 0.2) is 0 Å². The molecule has 0 N–H and O–H groups in total. The van der Waals surface area contributed by atoms with Gasteiger partial charge in [0.25, 0.3) is 0 Å². The summed E-state index contributed by atoms with van der Waals surface area (Å²) in [5, 5.41) is 4.35. The van der Waals surface area contributed by atoms with Crippen LogP contribution in [0.25, 0.3) is 0 Å². The number of methoxy groups -OCH3 is 1. The summed E-state index contributed by atoms with van der Waals surface area (Å²) < 4.78 is 5.20. The number of rotatable bonds is 3. The highest BCUT2D eigenvalue weighted by atomic mass is 16.6. The molecule has 1 aromatic rings. The molecular formula is C17H19NO3. The zero-order chi connectivity index (χ0) is 14.6. The van der Waals surface area contributed by atoms with E-state index in [1.807, 2.05) is 24.3 Å². The Morgan fingerprint density at radius 2 is 2.05 bits per heavy atom. The zero-order valence-electron chi connectivity index (χ0n) is 12.3. The third-order valence-corrected chi connectivity index (χ3v) is 5.43. The Hall–Kier alpha value is -1.84. The van der Waals surface area contributed by atoms with Crippen molar-refractivity contribution < 1.29 is 14.4 Å². The Morgan fingerprint density at radius 1 is 1.29 bits per heavy atom. The van der Waals surface area contributed by atoms with Gasteiger partial charge in [-0.2, -0.15) is 0 Å². The number of carbonyl (C=O) groups is 1. The Kier molecular flexibility index (Phi) is 2.81. The van der Waals surface area contributed by atoms with Crippen molar-refractivity contribution >= 4 is 11.5 Å².